The predicted molar refractivity (Wildman–Crippen MR) is 94.3 cm³/mol. The highest BCUT2D eigenvalue weighted by molar-refractivity contribution is 5.89. The van der Waals surface area contributed by atoms with Gasteiger partial charge in [-0.15, -0.1) is 0 Å². The van der Waals surface area contributed by atoms with Crippen LogP contribution in [0, 0.1) is 23.2 Å². The molecule has 4 saturated carbocycles. The molecule has 6 heteroatoms. The Hall–Kier alpha value is -1.40. The van der Waals surface area contributed by atoms with E-state index >= 15 is 0 Å². The van der Waals surface area contributed by atoms with Gasteiger partial charge in [-0.3, -0.25) is 0 Å². The summed E-state index contributed by atoms with van der Waals surface area (Å²) < 4.78 is 0. The van der Waals surface area contributed by atoms with Gasteiger partial charge in [0.1, 0.15) is 0 Å². The second kappa shape index (κ2) is 7.46. The van der Waals surface area contributed by atoms with Gasteiger partial charge in [-0.1, -0.05) is 0 Å². The molecule has 140 valence electrons. The van der Waals surface area contributed by atoms with E-state index in [1.54, 1.807) is 38.5 Å². The molecule has 4 bridgehead atoms. The molecule has 1 heterocycles. The molecule has 1 saturated heterocycles. The molecule has 0 aromatic carbocycles. The molecule has 0 amide bonds. The van der Waals surface area contributed by atoms with Crippen LogP contribution in [0.2, 0.25) is 0 Å². The first-order valence-electron chi connectivity index (χ1n) is 9.43. The summed E-state index contributed by atoms with van der Waals surface area (Å²) in [5, 5.41) is 19.3. The third kappa shape index (κ3) is 4.23. The minimum atomic E-state index is -1.26. The Morgan fingerprint density at radius 2 is 1.48 bits per heavy atom. The number of nitrogens with zero attached hydrogens (tertiary/aromatic N) is 1. The van der Waals surface area contributed by atoms with Gasteiger partial charge in [-0.05, 0) is 68.7 Å². The van der Waals surface area contributed by atoms with E-state index in [0.717, 1.165) is 23.8 Å². The SMILES string of the molecule is CN1CCNCC1C12CC3CC(CC(C3)C1)C2.O=C(O)/C=C\C(=O)O. The van der Waals surface area contributed by atoms with Crippen LogP contribution in [0.25, 0.3) is 0 Å². The molecule has 0 radical (unpaired) electrons. The monoisotopic (exact) mass is 350 g/mol. The normalized spacial score (nSPS) is 39.9. The summed E-state index contributed by atoms with van der Waals surface area (Å²) in [7, 11) is 2.37. The Morgan fingerprint density at radius 3 is 1.88 bits per heavy atom. The number of carboxylic acid groups (broad SMARTS) is 2. The van der Waals surface area contributed by atoms with Crippen LogP contribution in [-0.4, -0.2) is 59.8 Å². The summed E-state index contributed by atoms with van der Waals surface area (Å²) in [6.45, 7) is 3.70. The molecule has 0 aromatic heterocycles. The standard InChI is InChI=1S/C15H26N2.C4H4O4/c1-17-3-2-16-10-14(17)15-7-11-4-12(8-15)6-13(5-11)9-15;5-3(6)1-2-4(7)8/h11-14,16H,2-10H2,1H3;1-2H,(H,5,6)(H,7,8)/b;2-1-. The largest absolute Gasteiger partial charge is 0.478 e. The minimum Gasteiger partial charge on any atom is -0.478 e. The van der Waals surface area contributed by atoms with Gasteiger partial charge in [0.05, 0.1) is 0 Å². The van der Waals surface area contributed by atoms with Crippen molar-refractivity contribution in [3.8, 4) is 0 Å². The minimum absolute atomic E-state index is 0.558. The van der Waals surface area contributed by atoms with Crippen molar-refractivity contribution in [2.24, 2.45) is 23.2 Å². The van der Waals surface area contributed by atoms with Gasteiger partial charge >= 0.3 is 11.9 Å². The lowest BCUT2D eigenvalue weighted by molar-refractivity contribution is -0.134. The van der Waals surface area contributed by atoms with Crippen molar-refractivity contribution in [2.45, 2.75) is 44.6 Å². The van der Waals surface area contributed by atoms with E-state index in [4.69, 9.17) is 10.2 Å². The number of rotatable bonds is 3. The highest BCUT2D eigenvalue weighted by atomic mass is 16.4. The summed E-state index contributed by atoms with van der Waals surface area (Å²) in [6.07, 6.45) is 10.5. The van der Waals surface area contributed by atoms with Gasteiger partial charge in [0.2, 0.25) is 0 Å². The predicted octanol–water partition coefficient (Wildman–Crippen LogP) is 1.82. The zero-order valence-corrected chi connectivity index (χ0v) is 15.0. The fourth-order valence-corrected chi connectivity index (χ4v) is 6.22. The molecule has 1 aliphatic heterocycles. The molecule has 5 rings (SSSR count). The fourth-order valence-electron chi connectivity index (χ4n) is 6.22. The van der Waals surface area contributed by atoms with Crippen LogP contribution in [-0.2, 0) is 9.59 Å². The number of piperazine rings is 1. The second-order valence-corrected chi connectivity index (χ2v) is 8.49. The number of nitrogens with one attached hydrogen (secondary N) is 1. The van der Waals surface area contributed by atoms with Crippen molar-refractivity contribution in [3.63, 3.8) is 0 Å². The number of carbonyl (C=O) groups is 2. The quantitative estimate of drug-likeness (QED) is 0.673. The average molecular weight is 350 g/mol. The van der Waals surface area contributed by atoms with Crippen molar-refractivity contribution in [3.05, 3.63) is 12.2 Å². The Morgan fingerprint density at radius 1 is 1.00 bits per heavy atom. The third-order valence-corrected chi connectivity index (χ3v) is 6.67. The first-order valence-corrected chi connectivity index (χ1v) is 9.43. The van der Waals surface area contributed by atoms with Crippen LogP contribution in [0.3, 0.4) is 0 Å². The molecule has 0 spiro atoms. The average Bonchev–Trinajstić information content (AvgIpc) is 2.52. The Labute approximate surface area is 149 Å². The number of likely N-dealkylation sites (N-methyl/N-ethyl adjacent to an activating group) is 1. The van der Waals surface area contributed by atoms with E-state index in [0.29, 0.717) is 17.6 Å². The van der Waals surface area contributed by atoms with E-state index in [1.165, 1.54) is 19.6 Å². The highest BCUT2D eigenvalue weighted by Crippen LogP contribution is 2.61. The van der Waals surface area contributed by atoms with Crippen LogP contribution in [0.4, 0.5) is 0 Å². The lowest BCUT2D eigenvalue weighted by atomic mass is 9.47. The molecule has 0 aromatic rings. The first kappa shape index (κ1) is 18.4. The summed E-state index contributed by atoms with van der Waals surface area (Å²) in [4.78, 5) is 21.8. The molecule has 1 unspecified atom stereocenters. The fraction of sp³-hybridized carbons (Fsp3) is 0.789. The number of hydrogen-bond acceptors (Lipinski definition) is 4. The molecule has 1 atom stereocenters. The van der Waals surface area contributed by atoms with Crippen molar-refractivity contribution < 1.29 is 19.8 Å². The molecular weight excluding hydrogens is 320 g/mol. The zero-order chi connectivity index (χ0) is 18.0. The molecule has 5 fully saturated rings. The van der Waals surface area contributed by atoms with E-state index < -0.39 is 11.9 Å². The number of carboxylic acids is 2. The first-order chi connectivity index (χ1) is 11.9. The van der Waals surface area contributed by atoms with Crippen LogP contribution in [0.5, 0.6) is 0 Å². The van der Waals surface area contributed by atoms with Crippen LogP contribution < -0.4 is 5.32 Å². The summed E-state index contributed by atoms with van der Waals surface area (Å²) >= 11 is 0. The summed E-state index contributed by atoms with van der Waals surface area (Å²) in [6, 6.07) is 0.838. The highest BCUT2D eigenvalue weighted by Gasteiger charge is 2.55. The molecule has 5 aliphatic rings. The molecule has 3 N–H and O–H groups in total. The van der Waals surface area contributed by atoms with E-state index in [-0.39, 0.29) is 0 Å². The number of hydrogen-bond donors (Lipinski definition) is 3. The van der Waals surface area contributed by atoms with Crippen LogP contribution >= 0.6 is 0 Å². The number of aliphatic carboxylic acids is 2. The topological polar surface area (TPSA) is 89.9 Å². The summed E-state index contributed by atoms with van der Waals surface area (Å²) in [5.74, 6) is 0.768. The van der Waals surface area contributed by atoms with Gasteiger partial charge in [0.25, 0.3) is 0 Å². The van der Waals surface area contributed by atoms with Crippen molar-refractivity contribution in [1.29, 1.82) is 0 Å². The lowest BCUT2D eigenvalue weighted by Crippen LogP contribution is -2.62. The molecule has 6 nitrogen and oxygen atoms in total. The van der Waals surface area contributed by atoms with Gasteiger partial charge in [-0.25, -0.2) is 9.59 Å². The second-order valence-electron chi connectivity index (χ2n) is 8.49. The van der Waals surface area contributed by atoms with Crippen LogP contribution in [0.15, 0.2) is 12.2 Å². The Bertz CT molecular complexity index is 494. The van der Waals surface area contributed by atoms with Crippen molar-refractivity contribution >= 4 is 11.9 Å². The maximum absolute atomic E-state index is 9.55. The molecular formula is C19H30N2O4. The Balaban J connectivity index is 0.000000197. The van der Waals surface area contributed by atoms with E-state index in [9.17, 15) is 9.59 Å². The van der Waals surface area contributed by atoms with Crippen molar-refractivity contribution in [1.82, 2.24) is 10.2 Å². The zero-order valence-electron chi connectivity index (χ0n) is 15.0. The summed E-state index contributed by atoms with van der Waals surface area (Å²) in [5.41, 5.74) is 0.705. The maximum Gasteiger partial charge on any atom is 0.328 e. The lowest BCUT2D eigenvalue weighted by Gasteiger charge is -2.61. The Kier molecular flexibility index (Phi) is 5.49. The van der Waals surface area contributed by atoms with Gasteiger partial charge in [0.15, 0.2) is 0 Å². The smallest absolute Gasteiger partial charge is 0.328 e. The third-order valence-electron chi connectivity index (χ3n) is 6.67. The van der Waals surface area contributed by atoms with Gasteiger partial charge < -0.3 is 20.4 Å². The van der Waals surface area contributed by atoms with Gasteiger partial charge in [0, 0.05) is 37.8 Å². The molecule has 4 aliphatic carbocycles. The van der Waals surface area contributed by atoms with Crippen LogP contribution in [0.1, 0.15) is 38.5 Å². The van der Waals surface area contributed by atoms with E-state index in [2.05, 4.69) is 17.3 Å². The molecule has 25 heavy (non-hydrogen) atoms. The van der Waals surface area contributed by atoms with E-state index in [1.807, 2.05) is 0 Å². The van der Waals surface area contributed by atoms with Gasteiger partial charge in [-0.2, -0.15) is 0 Å². The van der Waals surface area contributed by atoms with Crippen molar-refractivity contribution in [2.75, 3.05) is 26.7 Å². The maximum atomic E-state index is 9.55.